The van der Waals surface area contributed by atoms with Gasteiger partial charge in [-0.1, -0.05) is 42.0 Å². The van der Waals surface area contributed by atoms with Gasteiger partial charge in [-0.05, 0) is 76.3 Å². The van der Waals surface area contributed by atoms with E-state index in [1.807, 2.05) is 39.0 Å². The van der Waals surface area contributed by atoms with E-state index in [-0.39, 0.29) is 17.8 Å². The van der Waals surface area contributed by atoms with Crippen LogP contribution >= 0.6 is 0 Å². The Labute approximate surface area is 247 Å². The number of nitrogens with one attached hydrogen (secondary N) is 1. The van der Waals surface area contributed by atoms with Crippen molar-refractivity contribution in [2.75, 3.05) is 31.6 Å². The molecule has 1 amide bonds. The highest BCUT2D eigenvalue weighted by Crippen LogP contribution is 2.29. The number of benzene rings is 2. The summed E-state index contributed by atoms with van der Waals surface area (Å²) in [5.41, 5.74) is 4.30. The highest BCUT2D eigenvalue weighted by atomic mass is 16.6. The Morgan fingerprint density at radius 2 is 1.79 bits per heavy atom. The van der Waals surface area contributed by atoms with Gasteiger partial charge in [0.1, 0.15) is 16.9 Å². The minimum Gasteiger partial charge on any atom is -0.497 e. The number of anilines is 1. The van der Waals surface area contributed by atoms with E-state index in [0.717, 1.165) is 41.9 Å². The van der Waals surface area contributed by atoms with Crippen molar-refractivity contribution in [3.8, 4) is 5.75 Å². The fourth-order valence-electron chi connectivity index (χ4n) is 5.53. The zero-order valence-electron chi connectivity index (χ0n) is 25.2. The minimum atomic E-state index is -0.575. The van der Waals surface area contributed by atoms with Gasteiger partial charge in [0.2, 0.25) is 0 Å². The average molecular weight is 572 g/mol. The number of piperidine rings is 1. The van der Waals surface area contributed by atoms with Gasteiger partial charge >= 0.3 is 11.8 Å². The van der Waals surface area contributed by atoms with Gasteiger partial charge in [0.25, 0.3) is 0 Å². The Morgan fingerprint density at radius 3 is 2.48 bits per heavy atom. The SMILES string of the molecule is COc1ccc(CN(CCc2ccc(C)cc2)c2nccc3c2[nH]c(=O)n3C2CCCN(C(=O)OC(C)(C)C)C2)cc1. The number of aryl methyl sites for hydroxylation is 1. The van der Waals surface area contributed by atoms with E-state index in [1.54, 1.807) is 22.8 Å². The molecule has 1 atom stereocenters. The van der Waals surface area contributed by atoms with Crippen LogP contribution in [0.4, 0.5) is 10.6 Å². The lowest BCUT2D eigenvalue weighted by molar-refractivity contribution is 0.0173. The summed E-state index contributed by atoms with van der Waals surface area (Å²) in [5, 5.41) is 0. The molecule has 1 aliphatic rings. The van der Waals surface area contributed by atoms with Crippen LogP contribution in [0, 0.1) is 6.92 Å². The molecule has 2 aromatic heterocycles. The summed E-state index contributed by atoms with van der Waals surface area (Å²) in [5.74, 6) is 1.53. The van der Waals surface area contributed by atoms with Crippen molar-refractivity contribution in [1.82, 2.24) is 19.4 Å². The maximum Gasteiger partial charge on any atom is 0.410 e. The van der Waals surface area contributed by atoms with Gasteiger partial charge in [-0.25, -0.2) is 14.6 Å². The van der Waals surface area contributed by atoms with Gasteiger partial charge < -0.3 is 24.3 Å². The number of carbonyl (C=O) groups is 1. The molecule has 0 saturated carbocycles. The Bertz CT molecular complexity index is 1570. The Hall–Kier alpha value is -4.27. The first-order valence-corrected chi connectivity index (χ1v) is 14.6. The van der Waals surface area contributed by atoms with E-state index in [9.17, 15) is 9.59 Å². The number of likely N-dealkylation sites (tertiary alicyclic amines) is 1. The number of amides is 1. The van der Waals surface area contributed by atoms with Crippen LogP contribution in [-0.2, 0) is 17.7 Å². The number of aromatic amines is 1. The summed E-state index contributed by atoms with van der Waals surface area (Å²) >= 11 is 0. The number of nitrogens with zero attached hydrogens (tertiary/aromatic N) is 4. The smallest absolute Gasteiger partial charge is 0.410 e. The minimum absolute atomic E-state index is 0.162. The van der Waals surface area contributed by atoms with E-state index in [1.165, 1.54) is 11.1 Å². The summed E-state index contributed by atoms with van der Waals surface area (Å²) in [6.45, 7) is 10.0. The number of methoxy groups -OCH3 is 1. The van der Waals surface area contributed by atoms with Crippen molar-refractivity contribution < 1.29 is 14.3 Å². The molecule has 0 spiro atoms. The van der Waals surface area contributed by atoms with Gasteiger partial charge in [-0.3, -0.25) is 4.57 Å². The third-order valence-corrected chi connectivity index (χ3v) is 7.66. The second-order valence-electron chi connectivity index (χ2n) is 12.1. The van der Waals surface area contributed by atoms with E-state index < -0.39 is 5.60 Å². The normalized spacial score (nSPS) is 15.5. The zero-order chi connectivity index (χ0) is 29.9. The van der Waals surface area contributed by atoms with Crippen LogP contribution in [0.15, 0.2) is 65.6 Å². The molecule has 42 heavy (non-hydrogen) atoms. The number of ether oxygens (including phenoxy) is 2. The molecule has 9 nitrogen and oxygen atoms in total. The number of pyridine rings is 1. The van der Waals surface area contributed by atoms with E-state index in [2.05, 4.69) is 53.2 Å². The molecule has 0 radical (unpaired) electrons. The maximum absolute atomic E-state index is 13.5. The first-order valence-electron chi connectivity index (χ1n) is 14.6. The second kappa shape index (κ2) is 12.3. The molecule has 9 heteroatoms. The topological polar surface area (TPSA) is 92.7 Å². The van der Waals surface area contributed by atoms with Crippen molar-refractivity contribution >= 4 is 22.9 Å². The van der Waals surface area contributed by atoms with Crippen LogP contribution in [-0.4, -0.2) is 57.9 Å². The fourth-order valence-corrected chi connectivity index (χ4v) is 5.53. The number of aromatic nitrogens is 3. The average Bonchev–Trinajstić information content (AvgIpc) is 3.31. The van der Waals surface area contributed by atoms with Crippen molar-refractivity contribution in [2.45, 2.75) is 65.1 Å². The van der Waals surface area contributed by atoms with E-state index in [4.69, 9.17) is 14.5 Å². The first kappa shape index (κ1) is 29.2. The summed E-state index contributed by atoms with van der Waals surface area (Å²) in [7, 11) is 1.66. The molecule has 4 aromatic rings. The lowest BCUT2D eigenvalue weighted by atomic mass is 10.1. The molecule has 1 unspecified atom stereocenters. The summed E-state index contributed by atoms with van der Waals surface area (Å²) in [6.07, 6.45) is 3.84. The Morgan fingerprint density at radius 1 is 1.07 bits per heavy atom. The maximum atomic E-state index is 13.5. The molecular formula is C33H41N5O4. The molecule has 3 heterocycles. The van der Waals surface area contributed by atoms with Crippen LogP contribution in [0.2, 0.25) is 0 Å². The quantitative estimate of drug-likeness (QED) is 0.285. The Balaban J connectivity index is 1.46. The third-order valence-electron chi connectivity index (χ3n) is 7.66. The number of fused-ring (bicyclic) bond motifs is 1. The largest absolute Gasteiger partial charge is 0.497 e. The number of hydrogen-bond acceptors (Lipinski definition) is 6. The predicted molar refractivity (Wildman–Crippen MR) is 165 cm³/mol. The molecule has 1 N–H and O–H groups in total. The highest BCUT2D eigenvalue weighted by Gasteiger charge is 2.30. The zero-order valence-corrected chi connectivity index (χ0v) is 25.2. The molecule has 0 aliphatic carbocycles. The standard InChI is InChI=1S/C33H41N5O4/c1-23-8-10-24(11-9-23)17-20-36(21-25-12-14-27(41-5)15-13-25)30-29-28(16-18-34-30)38(31(39)35-29)26-7-6-19-37(22-26)32(40)42-33(2,3)4/h8-16,18,26H,6-7,17,19-22H2,1-5H3,(H,35,39). The van der Waals surface area contributed by atoms with Gasteiger partial charge in [0.15, 0.2) is 5.82 Å². The number of imidazole rings is 1. The number of carbonyl (C=O) groups excluding carboxylic acids is 1. The van der Waals surface area contributed by atoms with Crippen LogP contribution in [0.25, 0.3) is 11.0 Å². The fraction of sp³-hybridized carbons (Fsp3) is 0.424. The Kier molecular flexibility index (Phi) is 8.56. The van der Waals surface area contributed by atoms with Crippen molar-refractivity contribution in [1.29, 1.82) is 0 Å². The molecule has 5 rings (SSSR count). The molecule has 1 fully saturated rings. The summed E-state index contributed by atoms with van der Waals surface area (Å²) < 4.78 is 12.8. The molecular weight excluding hydrogens is 530 g/mol. The van der Waals surface area contributed by atoms with Crippen LogP contribution < -0.4 is 15.3 Å². The van der Waals surface area contributed by atoms with Gasteiger partial charge in [0, 0.05) is 32.4 Å². The molecule has 222 valence electrons. The summed E-state index contributed by atoms with van der Waals surface area (Å²) in [6, 6.07) is 18.3. The number of rotatable bonds is 8. The van der Waals surface area contributed by atoms with E-state index in [0.29, 0.717) is 31.7 Å². The van der Waals surface area contributed by atoms with Crippen LogP contribution in [0.5, 0.6) is 5.75 Å². The van der Waals surface area contributed by atoms with Crippen molar-refractivity contribution in [3.05, 3.63) is 88.0 Å². The predicted octanol–water partition coefficient (Wildman–Crippen LogP) is 5.86. The highest BCUT2D eigenvalue weighted by molar-refractivity contribution is 5.86. The monoisotopic (exact) mass is 571 g/mol. The second-order valence-corrected chi connectivity index (χ2v) is 12.1. The third kappa shape index (κ3) is 6.78. The lowest BCUT2D eigenvalue weighted by Gasteiger charge is -2.34. The van der Waals surface area contributed by atoms with Gasteiger partial charge in [-0.15, -0.1) is 0 Å². The van der Waals surface area contributed by atoms with Crippen LogP contribution in [0.3, 0.4) is 0 Å². The molecule has 1 saturated heterocycles. The lowest BCUT2D eigenvalue weighted by Crippen LogP contribution is -2.44. The van der Waals surface area contributed by atoms with Crippen LogP contribution in [0.1, 0.15) is 56.3 Å². The molecule has 0 bridgehead atoms. The van der Waals surface area contributed by atoms with Crippen molar-refractivity contribution in [2.24, 2.45) is 0 Å². The first-order chi connectivity index (χ1) is 20.1. The number of H-pyrrole nitrogens is 1. The molecule has 2 aromatic carbocycles. The summed E-state index contributed by atoms with van der Waals surface area (Å²) in [4.78, 5) is 38.1. The van der Waals surface area contributed by atoms with Crippen molar-refractivity contribution in [3.63, 3.8) is 0 Å². The number of hydrogen-bond donors (Lipinski definition) is 1. The van der Waals surface area contributed by atoms with E-state index >= 15 is 0 Å². The van der Waals surface area contributed by atoms with Gasteiger partial charge in [0.05, 0.1) is 18.7 Å². The van der Waals surface area contributed by atoms with Gasteiger partial charge in [-0.2, -0.15) is 0 Å². The molecule has 1 aliphatic heterocycles.